The minimum absolute atomic E-state index is 0.00795. The number of para-hydroxylation sites is 1. The van der Waals surface area contributed by atoms with Gasteiger partial charge >= 0.3 is 0 Å². The van der Waals surface area contributed by atoms with Crippen molar-refractivity contribution >= 4 is 23.2 Å². The van der Waals surface area contributed by atoms with Crippen molar-refractivity contribution in [2.24, 2.45) is 5.41 Å². The van der Waals surface area contributed by atoms with E-state index in [1.807, 2.05) is 36.4 Å². The standard InChI is InChI=1S/C24H31N3OS/c1-23(2,3)20(17-28-19-14-10-7-11-15-19)25-21-24(4,5)27(22(29)26-21)16-18-12-8-6-9-13-18/h6-15,20H,16-17H2,1-5H3,(H,25,26,29)/p+1/t20-/m1/s1. The molecule has 1 heterocycles. The topological polar surface area (TPSA) is 38.5 Å². The molecule has 1 atom stereocenters. The first kappa shape index (κ1) is 21.3. The van der Waals surface area contributed by atoms with E-state index < -0.39 is 0 Å². The van der Waals surface area contributed by atoms with Crippen molar-refractivity contribution in [1.29, 1.82) is 0 Å². The number of hydrogen-bond acceptors (Lipinski definition) is 2. The van der Waals surface area contributed by atoms with Crippen molar-refractivity contribution in [2.45, 2.75) is 52.7 Å². The van der Waals surface area contributed by atoms with Gasteiger partial charge in [-0.25, -0.2) is 5.32 Å². The summed E-state index contributed by atoms with van der Waals surface area (Å²) in [6.07, 6.45) is 0. The third kappa shape index (κ3) is 5.15. The second-order valence-corrected chi connectivity index (χ2v) is 9.51. The molecule has 0 aliphatic carbocycles. The van der Waals surface area contributed by atoms with Gasteiger partial charge in [0, 0.05) is 12.0 Å². The largest absolute Gasteiger partial charge is 0.489 e. The highest BCUT2D eigenvalue weighted by Gasteiger charge is 2.48. The number of nitrogens with one attached hydrogen (secondary N) is 2. The molecule has 0 bridgehead atoms. The third-order valence-electron chi connectivity index (χ3n) is 5.47. The molecule has 0 aromatic heterocycles. The van der Waals surface area contributed by atoms with Crippen LogP contribution in [0.15, 0.2) is 60.7 Å². The molecule has 3 rings (SSSR count). The van der Waals surface area contributed by atoms with Crippen molar-refractivity contribution in [3.8, 4) is 5.75 Å². The number of ether oxygens (including phenoxy) is 1. The summed E-state index contributed by atoms with van der Waals surface area (Å²) in [5, 5.41) is 4.17. The van der Waals surface area contributed by atoms with E-state index in [9.17, 15) is 0 Å². The van der Waals surface area contributed by atoms with Crippen molar-refractivity contribution < 1.29 is 9.73 Å². The summed E-state index contributed by atoms with van der Waals surface area (Å²) in [7, 11) is 0. The predicted molar refractivity (Wildman–Crippen MR) is 123 cm³/mol. The molecule has 2 N–H and O–H groups in total. The average Bonchev–Trinajstić information content (AvgIpc) is 2.88. The Morgan fingerprint density at radius 2 is 1.62 bits per heavy atom. The molecule has 1 fully saturated rings. The van der Waals surface area contributed by atoms with Crippen molar-refractivity contribution in [3.05, 3.63) is 66.2 Å². The van der Waals surface area contributed by atoms with E-state index in [2.05, 4.69) is 74.1 Å². The quantitative estimate of drug-likeness (QED) is 0.718. The van der Waals surface area contributed by atoms with Crippen LogP contribution in [0.25, 0.3) is 0 Å². The molecular weight excluding hydrogens is 378 g/mol. The Morgan fingerprint density at radius 1 is 1.03 bits per heavy atom. The molecule has 0 spiro atoms. The van der Waals surface area contributed by atoms with Crippen LogP contribution in [-0.2, 0) is 6.54 Å². The van der Waals surface area contributed by atoms with Gasteiger partial charge < -0.3 is 9.64 Å². The molecular formula is C24H32N3OS+. The van der Waals surface area contributed by atoms with Crippen LogP contribution in [0.5, 0.6) is 5.75 Å². The fourth-order valence-corrected chi connectivity index (χ4v) is 3.74. The number of benzene rings is 2. The summed E-state index contributed by atoms with van der Waals surface area (Å²) < 4.78 is 6.07. The third-order valence-corrected chi connectivity index (χ3v) is 5.79. The van der Waals surface area contributed by atoms with Gasteiger partial charge in [-0.3, -0.25) is 4.99 Å². The van der Waals surface area contributed by atoms with Crippen LogP contribution in [0.1, 0.15) is 40.2 Å². The summed E-state index contributed by atoms with van der Waals surface area (Å²) in [5.74, 6) is 1.91. The van der Waals surface area contributed by atoms with Crippen LogP contribution in [0.3, 0.4) is 0 Å². The number of nitrogens with zero attached hydrogens (tertiary/aromatic N) is 1. The van der Waals surface area contributed by atoms with Crippen molar-refractivity contribution in [2.75, 3.05) is 6.61 Å². The predicted octanol–water partition coefficient (Wildman–Crippen LogP) is 3.13. The first-order valence-corrected chi connectivity index (χ1v) is 10.5. The van der Waals surface area contributed by atoms with Gasteiger partial charge in [-0.2, -0.15) is 0 Å². The van der Waals surface area contributed by atoms with Gasteiger partial charge in [-0.15, -0.1) is 0 Å². The lowest BCUT2D eigenvalue weighted by Gasteiger charge is -2.30. The number of rotatable bonds is 6. The highest BCUT2D eigenvalue weighted by atomic mass is 32.1. The van der Waals surface area contributed by atoms with Crippen LogP contribution < -0.4 is 15.0 Å². The minimum Gasteiger partial charge on any atom is -0.489 e. The van der Waals surface area contributed by atoms with E-state index in [1.54, 1.807) is 0 Å². The fourth-order valence-electron chi connectivity index (χ4n) is 3.34. The molecule has 4 nitrogen and oxygen atoms in total. The van der Waals surface area contributed by atoms with E-state index >= 15 is 0 Å². The molecule has 0 amide bonds. The van der Waals surface area contributed by atoms with Crippen molar-refractivity contribution in [1.82, 2.24) is 10.2 Å². The zero-order chi connectivity index (χ0) is 21.1. The highest BCUT2D eigenvalue weighted by molar-refractivity contribution is 7.80. The van der Waals surface area contributed by atoms with E-state index in [0.717, 1.165) is 23.2 Å². The van der Waals surface area contributed by atoms with E-state index in [1.165, 1.54) is 5.56 Å². The first-order chi connectivity index (χ1) is 13.7. The van der Waals surface area contributed by atoms with Crippen LogP contribution in [0, 0.1) is 5.41 Å². The van der Waals surface area contributed by atoms with E-state index in [0.29, 0.717) is 6.61 Å². The Morgan fingerprint density at radius 3 is 2.21 bits per heavy atom. The first-order valence-electron chi connectivity index (χ1n) is 10.1. The smallest absolute Gasteiger partial charge is 0.275 e. The molecule has 0 radical (unpaired) electrons. The molecule has 0 saturated carbocycles. The lowest BCUT2D eigenvalue weighted by atomic mass is 9.87. The van der Waals surface area contributed by atoms with Gasteiger partial charge in [-0.05, 0) is 43.8 Å². The summed E-state index contributed by atoms with van der Waals surface area (Å²) in [6.45, 7) is 12.4. The summed E-state index contributed by atoms with van der Waals surface area (Å²) in [6, 6.07) is 20.5. The van der Waals surface area contributed by atoms with Gasteiger partial charge in [0.2, 0.25) is 0 Å². The Labute approximate surface area is 180 Å². The molecule has 154 valence electrons. The summed E-state index contributed by atoms with van der Waals surface area (Å²) in [5.41, 5.74) is 0.989. The zero-order valence-electron chi connectivity index (χ0n) is 18.0. The van der Waals surface area contributed by atoms with E-state index in [-0.39, 0.29) is 17.0 Å². The summed E-state index contributed by atoms with van der Waals surface area (Å²) >= 11 is 5.68. The summed E-state index contributed by atoms with van der Waals surface area (Å²) in [4.78, 5) is 5.95. The Balaban J connectivity index is 1.80. The van der Waals surface area contributed by atoms with Crippen LogP contribution in [-0.4, -0.2) is 34.0 Å². The van der Waals surface area contributed by atoms with Gasteiger partial charge in [0.05, 0.1) is 0 Å². The lowest BCUT2D eigenvalue weighted by Crippen LogP contribution is -2.88. The van der Waals surface area contributed by atoms with E-state index in [4.69, 9.17) is 17.0 Å². The van der Waals surface area contributed by atoms with Gasteiger partial charge in [0.1, 0.15) is 23.9 Å². The maximum absolute atomic E-state index is 6.07. The molecule has 2 aromatic rings. The van der Waals surface area contributed by atoms with Gasteiger partial charge in [-0.1, -0.05) is 69.3 Å². The monoisotopic (exact) mass is 410 g/mol. The molecule has 2 aromatic carbocycles. The second-order valence-electron chi connectivity index (χ2n) is 9.12. The Kier molecular flexibility index (Phi) is 6.27. The molecule has 5 heteroatoms. The van der Waals surface area contributed by atoms with Gasteiger partial charge in [0.15, 0.2) is 0 Å². The van der Waals surface area contributed by atoms with Crippen LogP contribution in [0.2, 0.25) is 0 Å². The zero-order valence-corrected chi connectivity index (χ0v) is 18.8. The molecule has 1 saturated heterocycles. The average molecular weight is 411 g/mol. The Bertz CT molecular complexity index is 857. The number of thiocarbonyl (C=S) groups is 1. The maximum atomic E-state index is 6.07. The molecule has 29 heavy (non-hydrogen) atoms. The maximum Gasteiger partial charge on any atom is 0.275 e. The highest BCUT2D eigenvalue weighted by Crippen LogP contribution is 2.24. The number of hydrogen-bond donors (Lipinski definition) is 2. The van der Waals surface area contributed by atoms with Crippen LogP contribution in [0.4, 0.5) is 0 Å². The second kappa shape index (κ2) is 8.54. The SMILES string of the molecule is CC(C)(C)[C@@H](COc1ccccc1)[NH+]=C1NC(=S)N(Cc2ccccc2)C1(C)C. The van der Waals surface area contributed by atoms with Gasteiger partial charge in [0.25, 0.3) is 10.9 Å². The van der Waals surface area contributed by atoms with Crippen molar-refractivity contribution in [3.63, 3.8) is 0 Å². The minimum atomic E-state index is -0.261. The molecule has 1 aliphatic rings. The molecule has 1 aliphatic heterocycles. The number of amidine groups is 1. The molecule has 0 unspecified atom stereocenters. The Hall–Kier alpha value is -2.40. The fraction of sp³-hybridized carbons (Fsp3) is 0.417. The lowest BCUT2D eigenvalue weighted by molar-refractivity contribution is -0.528. The van der Waals surface area contributed by atoms with Crippen LogP contribution >= 0.6 is 12.2 Å². The normalized spacial score (nSPS) is 18.6.